The minimum atomic E-state index is -0.404. The molecule has 0 spiro atoms. The fourth-order valence-electron chi connectivity index (χ4n) is 1.76. The first-order chi connectivity index (χ1) is 8.61. The lowest BCUT2D eigenvalue weighted by Crippen LogP contribution is -2.25. The average Bonchev–Trinajstić information content (AvgIpc) is 2.71. The summed E-state index contributed by atoms with van der Waals surface area (Å²) in [6.07, 6.45) is 0.947. The number of aryl methyl sites for hydroxylation is 1. The zero-order valence-electron chi connectivity index (χ0n) is 10.5. The molecule has 1 saturated heterocycles. The van der Waals surface area contributed by atoms with Crippen molar-refractivity contribution in [3.05, 3.63) is 34.3 Å². The molecular weight excluding hydrogens is 250 g/mol. The number of hydrogen-bond acceptors (Lipinski definition) is 2. The van der Waals surface area contributed by atoms with E-state index in [4.69, 9.17) is 11.6 Å². The number of halogens is 1. The molecular formula is C13H16ClN3O. The Kier molecular flexibility index (Phi) is 3.87. The van der Waals surface area contributed by atoms with Gasteiger partial charge in [-0.2, -0.15) is 0 Å². The molecule has 2 rings (SSSR count). The highest BCUT2D eigenvalue weighted by atomic mass is 35.5. The van der Waals surface area contributed by atoms with Gasteiger partial charge in [0.2, 0.25) is 0 Å². The maximum Gasteiger partial charge on any atom is 0.253 e. The predicted molar refractivity (Wildman–Crippen MR) is 72.8 cm³/mol. The van der Waals surface area contributed by atoms with E-state index in [2.05, 4.69) is 15.6 Å². The van der Waals surface area contributed by atoms with Gasteiger partial charge in [-0.3, -0.25) is 15.1 Å². The number of guanidine groups is 1. The van der Waals surface area contributed by atoms with E-state index < -0.39 is 6.04 Å². The minimum absolute atomic E-state index is 0.0928. The second-order valence-corrected chi connectivity index (χ2v) is 4.71. The Balaban J connectivity index is 2.19. The maximum absolute atomic E-state index is 11.8. The van der Waals surface area contributed by atoms with Crippen LogP contribution in [0.25, 0.3) is 0 Å². The number of benzene rings is 1. The van der Waals surface area contributed by atoms with Crippen molar-refractivity contribution < 1.29 is 4.79 Å². The number of nitrogens with one attached hydrogen (secondary N) is 2. The van der Waals surface area contributed by atoms with Crippen LogP contribution in [0.5, 0.6) is 0 Å². The second kappa shape index (κ2) is 5.40. The first-order valence-electron chi connectivity index (χ1n) is 5.99. The number of aliphatic imine (C=N–C) groups is 1. The molecule has 96 valence electrons. The van der Waals surface area contributed by atoms with Gasteiger partial charge in [0.1, 0.15) is 6.04 Å². The lowest BCUT2D eigenvalue weighted by atomic mass is 10.1. The molecule has 0 radical (unpaired) electrons. The van der Waals surface area contributed by atoms with Crippen molar-refractivity contribution in [1.82, 2.24) is 10.6 Å². The molecule has 1 unspecified atom stereocenters. The third-order valence-corrected chi connectivity index (χ3v) is 3.21. The SMILES string of the molecule is CCCN=C1NC(=O)C(c2ccc(C)c(Cl)c2)N1. The summed E-state index contributed by atoms with van der Waals surface area (Å²) in [4.78, 5) is 16.1. The van der Waals surface area contributed by atoms with Crippen LogP contribution < -0.4 is 10.6 Å². The van der Waals surface area contributed by atoms with Crippen molar-refractivity contribution in [3.63, 3.8) is 0 Å². The first-order valence-corrected chi connectivity index (χ1v) is 6.37. The zero-order valence-corrected chi connectivity index (χ0v) is 11.2. The predicted octanol–water partition coefficient (Wildman–Crippen LogP) is 2.17. The van der Waals surface area contributed by atoms with Crippen LogP contribution in [0, 0.1) is 6.92 Å². The summed E-state index contributed by atoms with van der Waals surface area (Å²) in [5.74, 6) is 0.452. The molecule has 1 fully saturated rings. The third kappa shape index (κ3) is 2.64. The van der Waals surface area contributed by atoms with E-state index in [0.29, 0.717) is 17.5 Å². The average molecular weight is 266 g/mol. The van der Waals surface area contributed by atoms with Crippen LogP contribution in [-0.2, 0) is 4.79 Å². The quantitative estimate of drug-likeness (QED) is 0.880. The number of amides is 1. The molecule has 0 bridgehead atoms. The fraction of sp³-hybridized carbons (Fsp3) is 0.385. The lowest BCUT2D eigenvalue weighted by Gasteiger charge is -2.09. The van der Waals surface area contributed by atoms with Gasteiger partial charge in [-0.05, 0) is 30.5 Å². The molecule has 1 atom stereocenters. The van der Waals surface area contributed by atoms with Gasteiger partial charge < -0.3 is 5.32 Å². The maximum atomic E-state index is 11.8. The summed E-state index contributed by atoms with van der Waals surface area (Å²) in [5.41, 5.74) is 1.85. The third-order valence-electron chi connectivity index (χ3n) is 2.81. The molecule has 1 amide bonds. The summed E-state index contributed by atoms with van der Waals surface area (Å²) < 4.78 is 0. The highest BCUT2D eigenvalue weighted by molar-refractivity contribution is 6.31. The fourth-order valence-corrected chi connectivity index (χ4v) is 1.95. The van der Waals surface area contributed by atoms with Gasteiger partial charge in [0, 0.05) is 11.6 Å². The van der Waals surface area contributed by atoms with E-state index in [0.717, 1.165) is 17.5 Å². The lowest BCUT2D eigenvalue weighted by molar-refractivity contribution is -0.120. The number of carbonyl (C=O) groups excluding carboxylic acids is 1. The topological polar surface area (TPSA) is 53.5 Å². The monoisotopic (exact) mass is 265 g/mol. The Hall–Kier alpha value is -1.55. The molecule has 4 nitrogen and oxygen atoms in total. The van der Waals surface area contributed by atoms with Gasteiger partial charge in [0.15, 0.2) is 5.96 Å². The van der Waals surface area contributed by atoms with Crippen molar-refractivity contribution in [2.75, 3.05) is 6.54 Å². The molecule has 1 aromatic rings. The Labute approximate surface area is 111 Å². The molecule has 0 aromatic heterocycles. The van der Waals surface area contributed by atoms with Gasteiger partial charge in [0.25, 0.3) is 5.91 Å². The molecule has 1 aliphatic rings. The van der Waals surface area contributed by atoms with E-state index in [1.807, 2.05) is 32.0 Å². The summed E-state index contributed by atoms with van der Waals surface area (Å²) in [6, 6.07) is 5.23. The normalized spacial score (nSPS) is 20.9. The van der Waals surface area contributed by atoms with Crippen molar-refractivity contribution >= 4 is 23.5 Å². The highest BCUT2D eigenvalue weighted by Crippen LogP contribution is 2.23. The standard InChI is InChI=1S/C13H16ClN3O/c1-3-6-15-13-16-11(12(18)17-13)9-5-4-8(2)10(14)7-9/h4-5,7,11H,3,6H2,1-2H3,(H2,15,16,17,18). The van der Waals surface area contributed by atoms with Gasteiger partial charge in [-0.1, -0.05) is 30.7 Å². The molecule has 0 aliphatic carbocycles. The summed E-state index contributed by atoms with van der Waals surface area (Å²) in [6.45, 7) is 4.67. The molecule has 5 heteroatoms. The van der Waals surface area contributed by atoms with Gasteiger partial charge in [-0.25, -0.2) is 0 Å². The Morgan fingerprint density at radius 2 is 2.22 bits per heavy atom. The minimum Gasteiger partial charge on any atom is -0.340 e. The molecule has 1 heterocycles. The van der Waals surface area contributed by atoms with Crippen LogP contribution in [0.3, 0.4) is 0 Å². The summed E-state index contributed by atoms with van der Waals surface area (Å²) in [7, 11) is 0. The Morgan fingerprint density at radius 1 is 1.44 bits per heavy atom. The van der Waals surface area contributed by atoms with Crippen molar-refractivity contribution in [3.8, 4) is 0 Å². The zero-order chi connectivity index (χ0) is 13.1. The summed E-state index contributed by atoms with van der Waals surface area (Å²) in [5, 5.41) is 6.47. The van der Waals surface area contributed by atoms with Crippen LogP contribution in [0.15, 0.2) is 23.2 Å². The highest BCUT2D eigenvalue weighted by Gasteiger charge is 2.29. The van der Waals surface area contributed by atoms with Gasteiger partial charge >= 0.3 is 0 Å². The Morgan fingerprint density at radius 3 is 2.89 bits per heavy atom. The molecule has 1 aliphatic heterocycles. The van der Waals surface area contributed by atoms with E-state index >= 15 is 0 Å². The van der Waals surface area contributed by atoms with Crippen molar-refractivity contribution in [2.45, 2.75) is 26.3 Å². The number of carbonyl (C=O) groups is 1. The molecule has 1 aromatic carbocycles. The smallest absolute Gasteiger partial charge is 0.253 e. The van der Waals surface area contributed by atoms with E-state index in [-0.39, 0.29) is 5.91 Å². The van der Waals surface area contributed by atoms with Gasteiger partial charge in [-0.15, -0.1) is 0 Å². The van der Waals surface area contributed by atoms with Crippen LogP contribution in [0.1, 0.15) is 30.5 Å². The van der Waals surface area contributed by atoms with E-state index in [1.165, 1.54) is 0 Å². The van der Waals surface area contributed by atoms with E-state index in [9.17, 15) is 4.79 Å². The van der Waals surface area contributed by atoms with E-state index in [1.54, 1.807) is 0 Å². The van der Waals surface area contributed by atoms with Crippen LogP contribution in [0.2, 0.25) is 5.02 Å². The van der Waals surface area contributed by atoms with Crippen LogP contribution in [0.4, 0.5) is 0 Å². The number of rotatable bonds is 3. The second-order valence-electron chi connectivity index (χ2n) is 4.31. The van der Waals surface area contributed by atoms with Gasteiger partial charge in [0.05, 0.1) is 0 Å². The van der Waals surface area contributed by atoms with Crippen molar-refractivity contribution in [1.29, 1.82) is 0 Å². The number of nitrogens with zero attached hydrogens (tertiary/aromatic N) is 1. The Bertz CT molecular complexity index is 499. The molecule has 18 heavy (non-hydrogen) atoms. The number of hydrogen-bond donors (Lipinski definition) is 2. The van der Waals surface area contributed by atoms with Crippen molar-refractivity contribution in [2.24, 2.45) is 4.99 Å². The van der Waals surface area contributed by atoms with Crippen LogP contribution >= 0.6 is 11.6 Å². The molecule has 0 saturated carbocycles. The largest absolute Gasteiger partial charge is 0.340 e. The first kappa shape index (κ1) is 12.9. The molecule has 2 N–H and O–H groups in total. The summed E-state index contributed by atoms with van der Waals surface area (Å²) >= 11 is 6.07. The van der Waals surface area contributed by atoms with Crippen LogP contribution in [-0.4, -0.2) is 18.4 Å².